The Balaban J connectivity index is 1.54. The topological polar surface area (TPSA) is 130 Å². The Morgan fingerprint density at radius 3 is 2.72 bits per heavy atom. The van der Waals surface area contributed by atoms with E-state index in [9.17, 15) is 19.7 Å². The lowest BCUT2D eigenvalue weighted by molar-refractivity contribution is -0.384. The molecule has 0 aliphatic carbocycles. The summed E-state index contributed by atoms with van der Waals surface area (Å²) < 4.78 is 12.1. The van der Waals surface area contributed by atoms with Crippen molar-refractivity contribution in [2.24, 2.45) is 0 Å². The fraction of sp³-hybridized carbons (Fsp3) is 0.333. The number of nitro groups is 1. The summed E-state index contributed by atoms with van der Waals surface area (Å²) in [5.74, 6) is -0.501. The molecule has 29 heavy (non-hydrogen) atoms. The van der Waals surface area contributed by atoms with Crippen LogP contribution in [0, 0.1) is 10.1 Å². The van der Waals surface area contributed by atoms with Gasteiger partial charge in [-0.05, 0) is 24.6 Å². The maximum absolute atomic E-state index is 12.8. The second-order valence-corrected chi connectivity index (χ2v) is 6.56. The highest BCUT2D eigenvalue weighted by Crippen LogP contribution is 2.40. The molecule has 1 fully saturated rings. The minimum Gasteiger partial charge on any atom is -0.476 e. The summed E-state index contributed by atoms with van der Waals surface area (Å²) in [5.41, 5.74) is 1.20. The molecule has 0 bridgehead atoms. The van der Waals surface area contributed by atoms with E-state index in [0.29, 0.717) is 36.6 Å². The molecule has 1 amide bonds. The van der Waals surface area contributed by atoms with Crippen LogP contribution >= 0.6 is 0 Å². The Hall–Kier alpha value is -3.76. The lowest BCUT2D eigenvalue weighted by atomic mass is 10.0. The second kappa shape index (κ2) is 7.34. The first-order valence-corrected chi connectivity index (χ1v) is 8.99. The highest BCUT2D eigenvalue weighted by Gasteiger charge is 2.49. The fourth-order valence-electron chi connectivity index (χ4n) is 3.36. The van der Waals surface area contributed by atoms with Crippen LogP contribution in [0.25, 0.3) is 5.70 Å². The number of amides is 1. The van der Waals surface area contributed by atoms with E-state index in [-0.39, 0.29) is 29.9 Å². The van der Waals surface area contributed by atoms with Crippen molar-refractivity contribution in [3.8, 4) is 5.88 Å². The smallest absolute Gasteiger partial charge is 0.357 e. The van der Waals surface area contributed by atoms with Crippen molar-refractivity contribution in [1.82, 2.24) is 19.9 Å². The Morgan fingerprint density at radius 1 is 1.31 bits per heavy atom. The number of hydrogen-bond donors (Lipinski definition) is 0. The quantitative estimate of drug-likeness (QED) is 0.296. The predicted molar refractivity (Wildman–Crippen MR) is 97.2 cm³/mol. The first kappa shape index (κ1) is 18.6. The molecule has 4 rings (SSSR count). The van der Waals surface area contributed by atoms with Crippen LogP contribution in [-0.2, 0) is 20.9 Å². The van der Waals surface area contributed by atoms with Gasteiger partial charge in [0.2, 0.25) is 5.91 Å². The number of ether oxygens (including phenoxy) is 2. The number of carbonyl (C=O) groups is 2. The van der Waals surface area contributed by atoms with Crippen molar-refractivity contribution in [2.75, 3.05) is 6.61 Å². The zero-order valence-corrected chi connectivity index (χ0v) is 15.5. The number of rotatable bonds is 7. The first-order valence-electron chi connectivity index (χ1n) is 8.99. The van der Waals surface area contributed by atoms with Crippen molar-refractivity contribution in [3.05, 3.63) is 51.8 Å². The third-order valence-electron chi connectivity index (χ3n) is 4.74. The molecule has 2 aromatic rings. The molecule has 0 spiro atoms. The van der Waals surface area contributed by atoms with Gasteiger partial charge < -0.3 is 14.4 Å². The molecule has 150 valence electrons. The third kappa shape index (κ3) is 3.42. The van der Waals surface area contributed by atoms with Crippen LogP contribution in [0.15, 0.2) is 36.2 Å². The van der Waals surface area contributed by atoms with Gasteiger partial charge in [-0.15, -0.1) is 0 Å². The number of nitro benzene ring substituents is 1. The van der Waals surface area contributed by atoms with Crippen LogP contribution in [-0.4, -0.2) is 49.3 Å². The van der Waals surface area contributed by atoms with E-state index in [2.05, 4.69) is 10.3 Å². The number of benzene rings is 1. The zero-order valence-electron chi connectivity index (χ0n) is 15.5. The molecule has 1 aromatic carbocycles. The van der Waals surface area contributed by atoms with E-state index in [0.717, 1.165) is 0 Å². The van der Waals surface area contributed by atoms with Gasteiger partial charge in [0.1, 0.15) is 6.61 Å². The van der Waals surface area contributed by atoms with Gasteiger partial charge in [-0.2, -0.15) is 0 Å². The van der Waals surface area contributed by atoms with Gasteiger partial charge in [0, 0.05) is 25.0 Å². The molecule has 11 heteroatoms. The number of β-lactam (4-membered cyclic amide) rings is 1. The third-order valence-corrected chi connectivity index (χ3v) is 4.74. The standard InChI is InChI=1S/C18H17N5O6/c1-2-28-15-9-21(20-19-15)14-7-13-8-16(24)22(13)17(14)18(25)29-10-11-3-5-12(6-4-11)23(26)27/h3-6,9,13H,2,7-8,10H2,1H3/t13-/m1/s1. The molecule has 0 N–H and O–H groups in total. The molecular formula is C18H17N5O6. The number of fused-ring (bicyclic) bond motifs is 1. The van der Waals surface area contributed by atoms with Crippen LogP contribution in [0.4, 0.5) is 5.69 Å². The van der Waals surface area contributed by atoms with Gasteiger partial charge in [-0.3, -0.25) is 14.9 Å². The highest BCUT2D eigenvalue weighted by atomic mass is 16.6. The monoisotopic (exact) mass is 399 g/mol. The lowest BCUT2D eigenvalue weighted by Crippen LogP contribution is -2.49. The number of non-ortho nitro benzene ring substituents is 1. The Bertz CT molecular complexity index is 1010. The van der Waals surface area contributed by atoms with E-state index < -0.39 is 10.9 Å². The summed E-state index contributed by atoms with van der Waals surface area (Å²) in [5, 5.41) is 18.6. The largest absolute Gasteiger partial charge is 0.476 e. The molecule has 2 aliphatic rings. The van der Waals surface area contributed by atoms with Crippen molar-refractivity contribution < 1.29 is 24.0 Å². The average Bonchev–Trinajstić information content (AvgIpc) is 3.28. The molecule has 0 unspecified atom stereocenters. The van der Waals surface area contributed by atoms with Crippen molar-refractivity contribution in [3.63, 3.8) is 0 Å². The molecule has 0 saturated carbocycles. The van der Waals surface area contributed by atoms with Crippen LogP contribution < -0.4 is 4.74 Å². The van der Waals surface area contributed by atoms with Gasteiger partial charge in [-0.25, -0.2) is 9.48 Å². The van der Waals surface area contributed by atoms with Gasteiger partial charge in [0.15, 0.2) is 5.70 Å². The molecule has 1 aromatic heterocycles. The number of carbonyl (C=O) groups excluding carboxylic acids is 2. The van der Waals surface area contributed by atoms with Crippen LogP contribution in [0.2, 0.25) is 0 Å². The first-order chi connectivity index (χ1) is 14.0. The summed E-state index contributed by atoms with van der Waals surface area (Å²) >= 11 is 0. The zero-order chi connectivity index (χ0) is 20.5. The van der Waals surface area contributed by atoms with Gasteiger partial charge in [0.25, 0.3) is 11.6 Å². The van der Waals surface area contributed by atoms with Crippen LogP contribution in [0.1, 0.15) is 25.3 Å². The number of hydrogen-bond acceptors (Lipinski definition) is 8. The predicted octanol–water partition coefficient (Wildman–Crippen LogP) is 1.50. The lowest BCUT2D eigenvalue weighted by Gasteiger charge is -2.35. The SMILES string of the molecule is CCOc1cn(C2=C(C(=O)OCc3ccc([N+](=O)[O-])cc3)N3C(=O)C[C@H]3C2)nn1. The highest BCUT2D eigenvalue weighted by molar-refractivity contribution is 6.03. The minimum absolute atomic E-state index is 0.0498. The molecule has 2 aliphatic heterocycles. The summed E-state index contributed by atoms with van der Waals surface area (Å²) in [6.45, 7) is 2.16. The minimum atomic E-state index is -0.664. The summed E-state index contributed by atoms with van der Waals surface area (Å²) in [7, 11) is 0. The maximum atomic E-state index is 12.8. The van der Waals surface area contributed by atoms with Crippen LogP contribution in [0.3, 0.4) is 0 Å². The summed E-state index contributed by atoms with van der Waals surface area (Å²) in [6, 6.07) is 5.60. The van der Waals surface area contributed by atoms with Crippen molar-refractivity contribution in [2.45, 2.75) is 32.4 Å². The van der Waals surface area contributed by atoms with E-state index in [1.165, 1.54) is 33.8 Å². The van der Waals surface area contributed by atoms with Crippen molar-refractivity contribution >= 4 is 23.3 Å². The van der Waals surface area contributed by atoms with Gasteiger partial charge in [0.05, 0.1) is 29.5 Å². The van der Waals surface area contributed by atoms with Gasteiger partial charge >= 0.3 is 5.97 Å². The normalized spacial score (nSPS) is 17.8. The van der Waals surface area contributed by atoms with Crippen molar-refractivity contribution in [1.29, 1.82) is 0 Å². The summed E-state index contributed by atoms with van der Waals surface area (Å²) in [6.07, 6.45) is 2.37. The van der Waals surface area contributed by atoms with E-state index in [1.54, 1.807) is 6.20 Å². The molecule has 1 saturated heterocycles. The van der Waals surface area contributed by atoms with E-state index in [1.807, 2.05) is 6.92 Å². The molecular weight excluding hydrogens is 382 g/mol. The Labute approximate surface area is 164 Å². The Kier molecular flexibility index (Phi) is 4.71. The molecule has 1 atom stereocenters. The Morgan fingerprint density at radius 2 is 2.07 bits per heavy atom. The number of aromatic nitrogens is 3. The fourth-order valence-corrected chi connectivity index (χ4v) is 3.36. The number of nitrogens with zero attached hydrogens (tertiary/aromatic N) is 5. The summed E-state index contributed by atoms with van der Waals surface area (Å²) in [4.78, 5) is 36.5. The van der Waals surface area contributed by atoms with E-state index in [4.69, 9.17) is 9.47 Å². The van der Waals surface area contributed by atoms with Crippen LogP contribution in [0.5, 0.6) is 5.88 Å². The van der Waals surface area contributed by atoms with Gasteiger partial charge in [-0.1, -0.05) is 10.3 Å². The van der Waals surface area contributed by atoms with E-state index >= 15 is 0 Å². The molecule has 0 radical (unpaired) electrons. The number of esters is 1. The molecule has 3 heterocycles. The average molecular weight is 399 g/mol. The molecule has 11 nitrogen and oxygen atoms in total. The maximum Gasteiger partial charge on any atom is 0.357 e. The second-order valence-electron chi connectivity index (χ2n) is 6.56.